The van der Waals surface area contributed by atoms with Gasteiger partial charge in [0, 0.05) is 12.0 Å². The van der Waals surface area contributed by atoms with Crippen LogP contribution >= 0.6 is 0 Å². The number of rotatable bonds is 0. The van der Waals surface area contributed by atoms with Crippen molar-refractivity contribution in [1.82, 2.24) is 9.97 Å². The maximum Gasteiger partial charge on any atom is 0.167 e. The summed E-state index contributed by atoms with van der Waals surface area (Å²) in [7, 11) is 0. The highest BCUT2D eigenvalue weighted by molar-refractivity contribution is 5.88. The summed E-state index contributed by atoms with van der Waals surface area (Å²) in [6.07, 6.45) is 4.09. The van der Waals surface area contributed by atoms with Crippen molar-refractivity contribution in [3.05, 3.63) is 60.2 Å². The van der Waals surface area contributed by atoms with E-state index in [2.05, 4.69) is 40.3 Å². The summed E-state index contributed by atoms with van der Waals surface area (Å²) in [5.41, 5.74) is 2.16. The molecule has 1 aliphatic heterocycles. The summed E-state index contributed by atoms with van der Waals surface area (Å²) in [6, 6.07) is 12.5. The van der Waals surface area contributed by atoms with Crippen molar-refractivity contribution in [3.63, 3.8) is 0 Å². The van der Waals surface area contributed by atoms with Crippen LogP contribution in [0.2, 0.25) is 0 Å². The minimum Gasteiger partial charge on any atom is -0.453 e. The van der Waals surface area contributed by atoms with Crippen molar-refractivity contribution in [2.45, 2.75) is 6.42 Å². The molecule has 0 atom stereocenters. The fourth-order valence-electron chi connectivity index (χ4n) is 2.44. The molecule has 1 aromatic heterocycles. The van der Waals surface area contributed by atoms with Crippen molar-refractivity contribution >= 4 is 10.8 Å². The van der Waals surface area contributed by atoms with E-state index in [1.54, 1.807) is 12.5 Å². The van der Waals surface area contributed by atoms with Gasteiger partial charge < -0.3 is 4.74 Å². The molecule has 0 saturated carbocycles. The third kappa shape index (κ3) is 1.31. The van der Waals surface area contributed by atoms with Gasteiger partial charge in [-0.2, -0.15) is 0 Å². The molecule has 0 spiro atoms. The van der Waals surface area contributed by atoms with E-state index in [4.69, 9.17) is 4.74 Å². The zero-order chi connectivity index (χ0) is 11.9. The van der Waals surface area contributed by atoms with Crippen LogP contribution in [0.5, 0.6) is 11.5 Å². The van der Waals surface area contributed by atoms with E-state index < -0.39 is 0 Å². The lowest BCUT2D eigenvalue weighted by atomic mass is 9.98. The number of hydrogen-bond donors (Lipinski definition) is 0. The van der Waals surface area contributed by atoms with Crippen LogP contribution in [0.3, 0.4) is 0 Å². The summed E-state index contributed by atoms with van der Waals surface area (Å²) >= 11 is 0. The Hall–Kier alpha value is -2.42. The van der Waals surface area contributed by atoms with Crippen LogP contribution < -0.4 is 4.74 Å². The monoisotopic (exact) mass is 234 g/mol. The molecule has 1 aliphatic rings. The van der Waals surface area contributed by atoms with E-state index in [9.17, 15) is 0 Å². The average Bonchev–Trinajstić information content (AvgIpc) is 2.45. The number of hydrogen-bond acceptors (Lipinski definition) is 3. The first-order valence-corrected chi connectivity index (χ1v) is 5.89. The molecule has 3 heteroatoms. The normalized spacial score (nSPS) is 12.7. The SMILES string of the molecule is c1ccc2c3c(ccc2c1)Oc1cncnc1C3. The van der Waals surface area contributed by atoms with Gasteiger partial charge >= 0.3 is 0 Å². The Morgan fingerprint density at radius 1 is 1.00 bits per heavy atom. The van der Waals surface area contributed by atoms with Gasteiger partial charge in [0.1, 0.15) is 12.1 Å². The molecule has 0 fully saturated rings. The first kappa shape index (κ1) is 9.59. The number of aromatic nitrogens is 2. The summed E-state index contributed by atoms with van der Waals surface area (Å²) < 4.78 is 5.86. The van der Waals surface area contributed by atoms with Gasteiger partial charge in [-0.05, 0) is 16.8 Å². The van der Waals surface area contributed by atoms with Crippen LogP contribution in [0.4, 0.5) is 0 Å². The maximum atomic E-state index is 5.86. The second-order valence-electron chi connectivity index (χ2n) is 4.38. The highest BCUT2D eigenvalue weighted by Crippen LogP contribution is 2.38. The van der Waals surface area contributed by atoms with Gasteiger partial charge in [-0.3, -0.25) is 0 Å². The van der Waals surface area contributed by atoms with E-state index in [0.29, 0.717) is 0 Å². The fraction of sp³-hybridized carbons (Fsp3) is 0.0667. The standard InChI is InChI=1S/C15H10N2O/c1-2-4-11-10(3-1)5-6-14-12(11)7-13-15(18-14)8-16-9-17-13/h1-6,8-9H,7H2. The van der Waals surface area contributed by atoms with E-state index in [1.165, 1.54) is 16.3 Å². The Morgan fingerprint density at radius 2 is 1.94 bits per heavy atom. The molecule has 0 saturated heterocycles. The minimum atomic E-state index is 0.764. The summed E-state index contributed by atoms with van der Waals surface area (Å²) in [5.74, 6) is 1.68. The van der Waals surface area contributed by atoms with Crippen molar-refractivity contribution in [3.8, 4) is 11.5 Å². The molecule has 0 radical (unpaired) electrons. The van der Waals surface area contributed by atoms with Crippen molar-refractivity contribution in [2.24, 2.45) is 0 Å². The van der Waals surface area contributed by atoms with Crippen LogP contribution in [-0.4, -0.2) is 9.97 Å². The van der Waals surface area contributed by atoms with E-state index in [1.807, 2.05) is 6.07 Å². The van der Waals surface area contributed by atoms with Crippen LogP contribution in [-0.2, 0) is 6.42 Å². The Balaban J connectivity index is 1.98. The predicted molar refractivity (Wildman–Crippen MR) is 68.9 cm³/mol. The molecule has 0 unspecified atom stereocenters. The van der Waals surface area contributed by atoms with Gasteiger partial charge in [0.2, 0.25) is 0 Å². The van der Waals surface area contributed by atoms with E-state index >= 15 is 0 Å². The topological polar surface area (TPSA) is 35.0 Å². The average molecular weight is 234 g/mol. The maximum absolute atomic E-state index is 5.86. The molecule has 2 aromatic carbocycles. The molecule has 3 aromatic rings. The third-order valence-electron chi connectivity index (χ3n) is 3.32. The molecular weight excluding hydrogens is 224 g/mol. The first-order valence-electron chi connectivity index (χ1n) is 5.89. The van der Waals surface area contributed by atoms with Crippen LogP contribution in [0.1, 0.15) is 11.3 Å². The largest absolute Gasteiger partial charge is 0.453 e. The molecular formula is C15H10N2O. The molecule has 0 aliphatic carbocycles. The quantitative estimate of drug-likeness (QED) is 0.468. The number of fused-ring (bicyclic) bond motifs is 4. The van der Waals surface area contributed by atoms with Gasteiger partial charge in [0.25, 0.3) is 0 Å². The Labute approximate surface area is 104 Å². The number of benzene rings is 2. The van der Waals surface area contributed by atoms with Crippen molar-refractivity contribution < 1.29 is 4.74 Å². The Bertz CT molecular complexity index is 752. The fourth-order valence-corrected chi connectivity index (χ4v) is 2.44. The highest BCUT2D eigenvalue weighted by Gasteiger charge is 2.19. The lowest BCUT2D eigenvalue weighted by Gasteiger charge is -2.20. The third-order valence-corrected chi connectivity index (χ3v) is 3.32. The molecule has 0 N–H and O–H groups in total. The lowest BCUT2D eigenvalue weighted by Crippen LogP contribution is -2.05. The van der Waals surface area contributed by atoms with Gasteiger partial charge in [-0.25, -0.2) is 9.97 Å². The summed E-state index contributed by atoms with van der Waals surface area (Å²) in [4.78, 5) is 8.29. The summed E-state index contributed by atoms with van der Waals surface area (Å²) in [5, 5.41) is 2.47. The second-order valence-corrected chi connectivity index (χ2v) is 4.38. The number of ether oxygens (including phenoxy) is 1. The molecule has 0 bridgehead atoms. The predicted octanol–water partition coefficient (Wildman–Crippen LogP) is 3.33. The molecule has 18 heavy (non-hydrogen) atoms. The van der Waals surface area contributed by atoms with E-state index in [0.717, 1.165) is 23.6 Å². The van der Waals surface area contributed by atoms with Gasteiger partial charge in [0.15, 0.2) is 5.75 Å². The molecule has 2 heterocycles. The van der Waals surface area contributed by atoms with Crippen molar-refractivity contribution in [1.29, 1.82) is 0 Å². The molecule has 0 amide bonds. The zero-order valence-electron chi connectivity index (χ0n) is 9.63. The Kier molecular flexibility index (Phi) is 1.88. The first-order chi connectivity index (χ1) is 8.92. The van der Waals surface area contributed by atoms with E-state index in [-0.39, 0.29) is 0 Å². The number of nitrogens with zero attached hydrogens (tertiary/aromatic N) is 2. The van der Waals surface area contributed by atoms with Gasteiger partial charge in [0.05, 0.1) is 11.9 Å². The van der Waals surface area contributed by atoms with Crippen molar-refractivity contribution in [2.75, 3.05) is 0 Å². The molecule has 86 valence electrons. The summed E-state index contributed by atoms with van der Waals surface area (Å²) in [6.45, 7) is 0. The zero-order valence-corrected chi connectivity index (χ0v) is 9.63. The Morgan fingerprint density at radius 3 is 2.94 bits per heavy atom. The van der Waals surface area contributed by atoms with Crippen LogP contribution in [0.15, 0.2) is 48.9 Å². The highest BCUT2D eigenvalue weighted by atomic mass is 16.5. The van der Waals surface area contributed by atoms with Gasteiger partial charge in [-0.1, -0.05) is 30.3 Å². The van der Waals surface area contributed by atoms with Crippen LogP contribution in [0, 0.1) is 0 Å². The smallest absolute Gasteiger partial charge is 0.167 e. The van der Waals surface area contributed by atoms with Gasteiger partial charge in [-0.15, -0.1) is 0 Å². The second kappa shape index (κ2) is 3.53. The molecule has 3 nitrogen and oxygen atoms in total. The van der Waals surface area contributed by atoms with Crippen LogP contribution in [0.25, 0.3) is 10.8 Å². The molecule has 4 rings (SSSR count). The lowest BCUT2D eigenvalue weighted by molar-refractivity contribution is 0.453. The minimum absolute atomic E-state index is 0.764.